The van der Waals surface area contributed by atoms with E-state index in [0.29, 0.717) is 31.5 Å². The Kier molecular flexibility index (Phi) is 7.54. The van der Waals surface area contributed by atoms with Crippen LogP contribution in [0.5, 0.6) is 0 Å². The van der Waals surface area contributed by atoms with E-state index in [0.717, 1.165) is 6.07 Å². The monoisotopic (exact) mass is 434 g/mol. The standard InChI is InChI=1S/C20H23F3N4O.C3H6/c21-16-9-18(23)17(22)7-13(16)3-4-14(24)8-20(28)26-10-15(11-26)27-19(5-6-25-27)12-1-2-12;1-3-2/h5-7,9,12,14-15H,1-4,8,10-11,24H2;3H,1H2,2H3. The Morgan fingerprint density at radius 2 is 1.90 bits per heavy atom. The predicted molar refractivity (Wildman–Crippen MR) is 113 cm³/mol. The lowest BCUT2D eigenvalue weighted by Gasteiger charge is -2.40. The van der Waals surface area contributed by atoms with Crippen molar-refractivity contribution >= 4 is 5.91 Å². The maximum absolute atomic E-state index is 13.7. The molecule has 1 atom stereocenters. The van der Waals surface area contributed by atoms with Crippen LogP contribution in [0, 0.1) is 17.5 Å². The van der Waals surface area contributed by atoms with Crippen LogP contribution in [-0.4, -0.2) is 39.7 Å². The Labute approximate surface area is 180 Å². The van der Waals surface area contributed by atoms with Crippen LogP contribution in [0.2, 0.25) is 0 Å². The molecule has 0 spiro atoms. The highest BCUT2D eigenvalue weighted by atomic mass is 19.2. The number of aryl methyl sites for hydroxylation is 1. The van der Waals surface area contributed by atoms with Crippen molar-refractivity contribution in [2.45, 2.75) is 57.0 Å². The first-order valence-electron chi connectivity index (χ1n) is 10.6. The number of nitrogens with zero attached hydrogens (tertiary/aromatic N) is 3. The van der Waals surface area contributed by atoms with Crippen molar-refractivity contribution in [2.24, 2.45) is 5.73 Å². The fourth-order valence-corrected chi connectivity index (χ4v) is 3.70. The zero-order valence-electron chi connectivity index (χ0n) is 17.7. The van der Waals surface area contributed by atoms with Crippen LogP contribution < -0.4 is 5.73 Å². The van der Waals surface area contributed by atoms with Crippen LogP contribution in [0.15, 0.2) is 37.1 Å². The molecule has 2 fully saturated rings. The Morgan fingerprint density at radius 3 is 2.55 bits per heavy atom. The molecule has 31 heavy (non-hydrogen) atoms. The predicted octanol–water partition coefficient (Wildman–Crippen LogP) is 4.10. The molecule has 1 saturated heterocycles. The van der Waals surface area contributed by atoms with Gasteiger partial charge < -0.3 is 10.6 Å². The molecule has 1 aromatic heterocycles. The van der Waals surface area contributed by atoms with Gasteiger partial charge in [-0.3, -0.25) is 9.48 Å². The van der Waals surface area contributed by atoms with Crippen LogP contribution >= 0.6 is 0 Å². The topological polar surface area (TPSA) is 64.2 Å². The summed E-state index contributed by atoms with van der Waals surface area (Å²) >= 11 is 0. The lowest BCUT2D eigenvalue weighted by atomic mass is 10.0. The Morgan fingerprint density at radius 1 is 1.26 bits per heavy atom. The van der Waals surface area contributed by atoms with Crippen molar-refractivity contribution in [2.75, 3.05) is 13.1 Å². The smallest absolute Gasteiger partial charge is 0.224 e. The number of carbonyl (C=O) groups is 1. The summed E-state index contributed by atoms with van der Waals surface area (Å²) < 4.78 is 41.9. The summed E-state index contributed by atoms with van der Waals surface area (Å²) in [5.41, 5.74) is 7.32. The van der Waals surface area contributed by atoms with Crippen LogP contribution in [0.3, 0.4) is 0 Å². The molecule has 1 aromatic carbocycles. The van der Waals surface area contributed by atoms with Crippen molar-refractivity contribution in [3.05, 3.63) is 65.8 Å². The summed E-state index contributed by atoms with van der Waals surface area (Å²) in [5, 5.41) is 4.40. The van der Waals surface area contributed by atoms with Gasteiger partial charge in [-0.15, -0.1) is 6.58 Å². The third kappa shape index (κ3) is 5.76. The molecule has 1 saturated carbocycles. The molecule has 8 heteroatoms. The molecular formula is C23H29F3N4O. The summed E-state index contributed by atoms with van der Waals surface area (Å²) in [4.78, 5) is 14.1. The van der Waals surface area contributed by atoms with Gasteiger partial charge in [0.15, 0.2) is 11.6 Å². The highest BCUT2D eigenvalue weighted by Gasteiger charge is 2.36. The van der Waals surface area contributed by atoms with E-state index in [2.05, 4.69) is 17.7 Å². The summed E-state index contributed by atoms with van der Waals surface area (Å²) in [5.74, 6) is -2.53. The second-order valence-electron chi connectivity index (χ2n) is 8.20. The van der Waals surface area contributed by atoms with E-state index in [1.165, 1.54) is 18.5 Å². The van der Waals surface area contributed by atoms with Crippen LogP contribution in [0.25, 0.3) is 0 Å². The minimum absolute atomic E-state index is 0.0466. The van der Waals surface area contributed by atoms with E-state index in [4.69, 9.17) is 5.73 Å². The molecule has 1 aliphatic heterocycles. The largest absolute Gasteiger partial charge is 0.338 e. The quantitative estimate of drug-likeness (QED) is 0.527. The molecule has 0 bridgehead atoms. The summed E-state index contributed by atoms with van der Waals surface area (Å²) in [6.45, 7) is 6.48. The number of allylic oxidation sites excluding steroid dienone is 1. The Hall–Kier alpha value is -2.61. The minimum atomic E-state index is -1.21. The number of hydrogen-bond acceptors (Lipinski definition) is 3. The Balaban J connectivity index is 0.000000858. The second-order valence-corrected chi connectivity index (χ2v) is 8.20. The molecule has 1 unspecified atom stereocenters. The average molecular weight is 435 g/mol. The second kappa shape index (κ2) is 10.1. The normalized spacial score (nSPS) is 16.9. The van der Waals surface area contributed by atoms with E-state index in [1.807, 2.05) is 17.8 Å². The molecule has 1 aliphatic carbocycles. The first kappa shape index (κ1) is 23.1. The van der Waals surface area contributed by atoms with E-state index < -0.39 is 23.5 Å². The number of halogens is 3. The number of nitrogens with two attached hydrogens (primary N) is 1. The minimum Gasteiger partial charge on any atom is -0.338 e. The molecule has 168 valence electrons. The molecule has 2 aliphatic rings. The molecule has 0 radical (unpaired) electrons. The van der Waals surface area contributed by atoms with Crippen LogP contribution in [0.4, 0.5) is 13.2 Å². The van der Waals surface area contributed by atoms with Crippen LogP contribution in [0.1, 0.15) is 55.8 Å². The van der Waals surface area contributed by atoms with Gasteiger partial charge in [0, 0.05) is 49.4 Å². The van der Waals surface area contributed by atoms with Gasteiger partial charge in [-0.05, 0) is 50.3 Å². The molecular weight excluding hydrogens is 405 g/mol. The van der Waals surface area contributed by atoms with Crippen molar-refractivity contribution in [1.82, 2.24) is 14.7 Å². The van der Waals surface area contributed by atoms with Gasteiger partial charge in [-0.2, -0.15) is 5.10 Å². The highest BCUT2D eigenvalue weighted by molar-refractivity contribution is 5.77. The van der Waals surface area contributed by atoms with Gasteiger partial charge in [-0.25, -0.2) is 13.2 Å². The first-order chi connectivity index (χ1) is 14.8. The summed E-state index contributed by atoms with van der Waals surface area (Å²) in [7, 11) is 0. The number of rotatable bonds is 7. The summed E-state index contributed by atoms with van der Waals surface area (Å²) in [6.07, 6.45) is 6.58. The molecule has 4 rings (SSSR count). The SMILES string of the molecule is C=CC.NC(CCc1cc(F)c(F)cc1F)CC(=O)N1CC(n2nccc2C2CC2)C1. The number of amides is 1. The number of carbonyl (C=O) groups excluding carboxylic acids is 1. The molecule has 5 nitrogen and oxygen atoms in total. The Bertz CT molecular complexity index is 920. The van der Waals surface area contributed by atoms with Crippen LogP contribution in [-0.2, 0) is 11.2 Å². The molecule has 2 aromatic rings. The third-order valence-corrected chi connectivity index (χ3v) is 5.57. The average Bonchev–Trinajstić information content (AvgIpc) is 3.41. The number of benzene rings is 1. The molecule has 2 heterocycles. The fraction of sp³-hybridized carbons (Fsp3) is 0.478. The molecule has 1 amide bonds. The van der Waals surface area contributed by atoms with Gasteiger partial charge in [0.25, 0.3) is 0 Å². The lowest BCUT2D eigenvalue weighted by Crippen LogP contribution is -2.52. The first-order valence-corrected chi connectivity index (χ1v) is 10.6. The number of hydrogen-bond donors (Lipinski definition) is 1. The van der Waals surface area contributed by atoms with E-state index in [-0.39, 0.29) is 30.4 Å². The number of likely N-dealkylation sites (tertiary alicyclic amines) is 1. The van der Waals surface area contributed by atoms with Gasteiger partial charge in [0.1, 0.15) is 5.82 Å². The van der Waals surface area contributed by atoms with Gasteiger partial charge in [0.05, 0.1) is 6.04 Å². The zero-order chi connectivity index (χ0) is 22.5. The molecule has 2 N–H and O–H groups in total. The van der Waals surface area contributed by atoms with E-state index >= 15 is 0 Å². The third-order valence-electron chi connectivity index (χ3n) is 5.57. The van der Waals surface area contributed by atoms with Crippen molar-refractivity contribution in [1.29, 1.82) is 0 Å². The van der Waals surface area contributed by atoms with Gasteiger partial charge in [0.2, 0.25) is 5.91 Å². The lowest BCUT2D eigenvalue weighted by molar-refractivity contribution is -0.137. The van der Waals surface area contributed by atoms with Gasteiger partial charge >= 0.3 is 0 Å². The maximum Gasteiger partial charge on any atom is 0.224 e. The maximum atomic E-state index is 13.7. The fourth-order valence-electron chi connectivity index (χ4n) is 3.70. The van der Waals surface area contributed by atoms with E-state index in [9.17, 15) is 18.0 Å². The van der Waals surface area contributed by atoms with Crippen molar-refractivity contribution in [3.63, 3.8) is 0 Å². The summed E-state index contributed by atoms with van der Waals surface area (Å²) in [6, 6.07) is 3.18. The van der Waals surface area contributed by atoms with Crippen molar-refractivity contribution in [3.8, 4) is 0 Å². The van der Waals surface area contributed by atoms with E-state index in [1.54, 1.807) is 11.0 Å². The number of aromatic nitrogens is 2. The van der Waals surface area contributed by atoms with Gasteiger partial charge in [-0.1, -0.05) is 6.08 Å². The van der Waals surface area contributed by atoms with Crippen molar-refractivity contribution < 1.29 is 18.0 Å². The zero-order valence-corrected chi connectivity index (χ0v) is 17.7. The highest BCUT2D eigenvalue weighted by Crippen LogP contribution is 2.41.